The first-order chi connectivity index (χ1) is 5.81. The number of carbonyl (C=O) groups excluding carboxylic acids is 1. The van der Waals surface area contributed by atoms with Gasteiger partial charge in [0, 0.05) is 22.7 Å². The van der Waals surface area contributed by atoms with Gasteiger partial charge in [0.25, 0.3) is 0 Å². The van der Waals surface area contributed by atoms with Gasteiger partial charge in [-0.2, -0.15) is 0 Å². The van der Waals surface area contributed by atoms with E-state index in [1.807, 2.05) is 26.0 Å². The van der Waals surface area contributed by atoms with E-state index in [1.54, 1.807) is 6.20 Å². The predicted octanol–water partition coefficient (Wildman–Crippen LogP) is 0.239. The molecular formula is C9H8BNO. The highest BCUT2D eigenvalue weighted by Gasteiger charge is 2.00. The number of aromatic amines is 1. The lowest BCUT2D eigenvalue weighted by Crippen LogP contribution is -1.99. The number of carbonyl (C=O) groups is 1. The summed E-state index contributed by atoms with van der Waals surface area (Å²) >= 11 is 0. The van der Waals surface area contributed by atoms with Gasteiger partial charge in [-0.1, -0.05) is 17.6 Å². The van der Waals surface area contributed by atoms with Crippen LogP contribution in [0.2, 0.25) is 0 Å². The molecular weight excluding hydrogens is 149 g/mol. The van der Waals surface area contributed by atoms with Crippen LogP contribution in [0, 0.1) is 0 Å². The highest BCUT2D eigenvalue weighted by Crippen LogP contribution is 2.14. The number of fused-ring (bicyclic) bond motifs is 1. The third-order valence-electron chi connectivity index (χ3n) is 2.00. The highest BCUT2D eigenvalue weighted by molar-refractivity contribution is 6.33. The van der Waals surface area contributed by atoms with Gasteiger partial charge in [-0.05, 0) is 6.07 Å². The molecule has 0 bridgehead atoms. The van der Waals surface area contributed by atoms with Crippen LogP contribution in [0.5, 0.6) is 0 Å². The molecule has 2 rings (SSSR count). The predicted molar refractivity (Wildman–Crippen MR) is 51.9 cm³/mol. The molecule has 0 aliphatic rings. The van der Waals surface area contributed by atoms with Crippen molar-refractivity contribution in [1.29, 1.82) is 0 Å². The maximum absolute atomic E-state index is 10.6. The number of benzene rings is 1. The summed E-state index contributed by atoms with van der Waals surface area (Å²) in [6.45, 7) is 0. The van der Waals surface area contributed by atoms with E-state index in [2.05, 4.69) is 4.98 Å². The summed E-state index contributed by atoms with van der Waals surface area (Å²) in [6, 6.07) is 6.01. The van der Waals surface area contributed by atoms with Gasteiger partial charge in [-0.3, -0.25) is 4.79 Å². The van der Waals surface area contributed by atoms with Crippen molar-refractivity contribution in [3.63, 3.8) is 0 Å². The first kappa shape index (κ1) is 7.16. The molecule has 0 spiro atoms. The van der Waals surface area contributed by atoms with Crippen molar-refractivity contribution < 1.29 is 4.79 Å². The fourth-order valence-corrected chi connectivity index (χ4v) is 1.35. The molecule has 12 heavy (non-hydrogen) atoms. The molecule has 0 saturated heterocycles. The zero-order valence-corrected chi connectivity index (χ0v) is 6.79. The minimum absolute atomic E-state index is 0.730. The average molecular weight is 157 g/mol. The lowest BCUT2D eigenvalue weighted by molar-refractivity contribution is 0.112. The van der Waals surface area contributed by atoms with E-state index in [1.165, 1.54) is 5.46 Å². The molecule has 2 nitrogen and oxygen atoms in total. The van der Waals surface area contributed by atoms with Crippen molar-refractivity contribution in [3.05, 3.63) is 30.0 Å². The van der Waals surface area contributed by atoms with Crippen LogP contribution >= 0.6 is 0 Å². The molecule has 58 valence electrons. The smallest absolute Gasteiger partial charge is 0.152 e. The van der Waals surface area contributed by atoms with Crippen molar-refractivity contribution in [2.45, 2.75) is 0 Å². The summed E-state index contributed by atoms with van der Waals surface area (Å²) in [4.78, 5) is 13.6. The van der Waals surface area contributed by atoms with Gasteiger partial charge in [0.2, 0.25) is 0 Å². The molecule has 0 aliphatic heterocycles. The third-order valence-corrected chi connectivity index (χ3v) is 2.00. The Balaban J connectivity index is 2.83. The van der Waals surface area contributed by atoms with E-state index in [-0.39, 0.29) is 0 Å². The van der Waals surface area contributed by atoms with Crippen LogP contribution in [0.15, 0.2) is 24.4 Å². The zero-order valence-electron chi connectivity index (χ0n) is 6.79. The molecule has 1 aromatic carbocycles. The van der Waals surface area contributed by atoms with Crippen LogP contribution in [-0.2, 0) is 0 Å². The van der Waals surface area contributed by atoms with E-state index in [4.69, 9.17) is 0 Å². The van der Waals surface area contributed by atoms with Gasteiger partial charge in [-0.25, -0.2) is 0 Å². The third kappa shape index (κ3) is 0.943. The van der Waals surface area contributed by atoms with Gasteiger partial charge in [-0.15, -0.1) is 0 Å². The molecule has 1 aromatic heterocycles. The Morgan fingerprint density at radius 3 is 3.00 bits per heavy atom. The summed E-state index contributed by atoms with van der Waals surface area (Å²) < 4.78 is 0. The first-order valence-corrected chi connectivity index (χ1v) is 3.84. The molecule has 1 heterocycles. The monoisotopic (exact) mass is 157 g/mol. The van der Waals surface area contributed by atoms with Crippen molar-refractivity contribution in [3.8, 4) is 0 Å². The number of hydrogen-bond donors (Lipinski definition) is 1. The molecule has 0 saturated carbocycles. The van der Waals surface area contributed by atoms with Crippen molar-refractivity contribution in [1.82, 2.24) is 4.98 Å². The van der Waals surface area contributed by atoms with E-state index in [9.17, 15) is 4.79 Å². The van der Waals surface area contributed by atoms with Gasteiger partial charge < -0.3 is 4.98 Å². The fourth-order valence-electron chi connectivity index (χ4n) is 1.35. The van der Waals surface area contributed by atoms with Crippen LogP contribution in [0.25, 0.3) is 10.9 Å². The maximum Gasteiger partial charge on any atom is 0.152 e. The van der Waals surface area contributed by atoms with E-state index < -0.39 is 0 Å². The normalized spacial score (nSPS) is 10.3. The van der Waals surface area contributed by atoms with E-state index in [0.717, 1.165) is 22.8 Å². The average Bonchev–Trinajstić information content (AvgIpc) is 2.46. The molecule has 3 heteroatoms. The molecule has 1 N–H and O–H groups in total. The molecule has 0 amide bonds. The van der Waals surface area contributed by atoms with Crippen LogP contribution in [-0.4, -0.2) is 19.1 Å². The van der Waals surface area contributed by atoms with Gasteiger partial charge in [0.15, 0.2) is 6.29 Å². The summed E-state index contributed by atoms with van der Waals surface area (Å²) in [5.41, 5.74) is 2.92. The quantitative estimate of drug-likeness (QED) is 0.466. The van der Waals surface area contributed by atoms with Crippen LogP contribution < -0.4 is 5.46 Å². The second-order valence-corrected chi connectivity index (χ2v) is 2.91. The second-order valence-electron chi connectivity index (χ2n) is 2.91. The molecule has 0 radical (unpaired) electrons. The molecule has 2 aromatic rings. The first-order valence-electron chi connectivity index (χ1n) is 3.84. The van der Waals surface area contributed by atoms with Gasteiger partial charge in [0.05, 0.1) is 0 Å². The molecule has 0 fully saturated rings. The van der Waals surface area contributed by atoms with E-state index >= 15 is 0 Å². The Morgan fingerprint density at radius 2 is 2.25 bits per heavy atom. The number of aromatic nitrogens is 1. The topological polar surface area (TPSA) is 32.9 Å². The fraction of sp³-hybridized carbons (Fsp3) is 0. The summed E-state index contributed by atoms with van der Waals surface area (Å²) in [6.07, 6.45) is 2.61. The Kier molecular flexibility index (Phi) is 1.50. The Bertz CT molecular complexity index is 433. The standard InChI is InChI=1S/C9H8BNO/c10-7-1-2-9-8(3-7)6(5-12)4-11-9/h1-5,11H,10H2. The second kappa shape index (κ2) is 2.52. The van der Waals surface area contributed by atoms with Crippen LogP contribution in [0.1, 0.15) is 10.4 Å². The highest BCUT2D eigenvalue weighted by atomic mass is 16.1. The molecule has 0 unspecified atom stereocenters. The summed E-state index contributed by atoms with van der Waals surface area (Å²) in [5.74, 6) is 0. The maximum atomic E-state index is 10.6. The Labute approximate surface area is 71.0 Å². The SMILES string of the molecule is Bc1ccc2[nH]cc(C=O)c2c1. The lowest BCUT2D eigenvalue weighted by atomic mass is 9.94. The van der Waals surface area contributed by atoms with Gasteiger partial charge >= 0.3 is 0 Å². The van der Waals surface area contributed by atoms with Crippen molar-refractivity contribution >= 4 is 30.5 Å². The zero-order chi connectivity index (χ0) is 8.55. The lowest BCUT2D eigenvalue weighted by Gasteiger charge is -1.92. The van der Waals surface area contributed by atoms with Crippen molar-refractivity contribution in [2.24, 2.45) is 0 Å². The number of rotatable bonds is 1. The number of aldehydes is 1. The van der Waals surface area contributed by atoms with Gasteiger partial charge in [0.1, 0.15) is 7.85 Å². The molecule has 0 atom stereocenters. The Hall–Kier alpha value is -1.51. The van der Waals surface area contributed by atoms with Crippen molar-refractivity contribution in [2.75, 3.05) is 0 Å². The number of H-pyrrole nitrogens is 1. The minimum Gasteiger partial charge on any atom is -0.360 e. The van der Waals surface area contributed by atoms with E-state index in [0.29, 0.717) is 0 Å². The summed E-state index contributed by atoms with van der Waals surface area (Å²) in [5, 5.41) is 1.00. The van der Waals surface area contributed by atoms with Crippen LogP contribution in [0.4, 0.5) is 0 Å². The minimum atomic E-state index is 0.730. The molecule has 0 aliphatic carbocycles. The Morgan fingerprint density at radius 1 is 1.42 bits per heavy atom. The van der Waals surface area contributed by atoms with Crippen LogP contribution in [0.3, 0.4) is 0 Å². The summed E-state index contributed by atoms with van der Waals surface area (Å²) in [7, 11) is 2.01. The number of nitrogens with one attached hydrogen (secondary N) is 1. The number of hydrogen-bond acceptors (Lipinski definition) is 1. The largest absolute Gasteiger partial charge is 0.360 e.